The third-order valence-electron chi connectivity index (χ3n) is 2.06. The van der Waals surface area contributed by atoms with Gasteiger partial charge < -0.3 is 10.0 Å². The van der Waals surface area contributed by atoms with E-state index in [4.69, 9.17) is 16.7 Å². The van der Waals surface area contributed by atoms with E-state index in [1.165, 1.54) is 12.3 Å². The van der Waals surface area contributed by atoms with Gasteiger partial charge in [-0.05, 0) is 19.4 Å². The number of halogens is 2. The van der Waals surface area contributed by atoms with Crippen LogP contribution in [0.25, 0.3) is 0 Å². The fraction of sp³-hybridized carbons (Fsp3) is 0.500. The Kier molecular flexibility index (Phi) is 4.78. The van der Waals surface area contributed by atoms with Crippen LogP contribution in [-0.4, -0.2) is 29.8 Å². The summed E-state index contributed by atoms with van der Waals surface area (Å²) >= 11 is 5.61. The highest BCUT2D eigenvalue weighted by molar-refractivity contribution is 6.30. The van der Waals surface area contributed by atoms with Gasteiger partial charge in [-0.2, -0.15) is 0 Å². The molecule has 1 aromatic heterocycles. The summed E-state index contributed by atoms with van der Waals surface area (Å²) < 4.78 is 13.5. The molecule has 3 nitrogen and oxygen atoms in total. The highest BCUT2D eigenvalue weighted by Gasteiger charge is 2.11. The van der Waals surface area contributed by atoms with Crippen molar-refractivity contribution < 1.29 is 9.50 Å². The number of hydrogen-bond donors (Lipinski definition) is 1. The minimum absolute atomic E-state index is 0.0890. The normalized spacial score (nSPS) is 10.4. The molecule has 15 heavy (non-hydrogen) atoms. The summed E-state index contributed by atoms with van der Waals surface area (Å²) in [6.07, 6.45) is 2.01. The molecule has 0 aliphatic carbocycles. The summed E-state index contributed by atoms with van der Waals surface area (Å²) in [5.74, 6) is -0.141. The van der Waals surface area contributed by atoms with E-state index in [0.717, 1.165) is 0 Å². The Morgan fingerprint density at radius 2 is 2.33 bits per heavy atom. The molecule has 1 rings (SSSR count). The fourth-order valence-electron chi connectivity index (χ4n) is 1.32. The van der Waals surface area contributed by atoms with Gasteiger partial charge in [0.2, 0.25) is 0 Å². The summed E-state index contributed by atoms with van der Waals surface area (Å²) in [4.78, 5) is 5.70. The lowest BCUT2D eigenvalue weighted by atomic mass is 10.3. The van der Waals surface area contributed by atoms with E-state index in [0.29, 0.717) is 19.5 Å². The molecule has 0 fully saturated rings. The third kappa shape index (κ3) is 3.32. The lowest BCUT2D eigenvalue weighted by Crippen LogP contribution is -2.26. The molecule has 0 atom stereocenters. The molecule has 1 aromatic rings. The van der Waals surface area contributed by atoms with Crippen LogP contribution in [-0.2, 0) is 0 Å². The zero-order valence-corrected chi connectivity index (χ0v) is 9.34. The molecule has 0 saturated heterocycles. The topological polar surface area (TPSA) is 36.4 Å². The van der Waals surface area contributed by atoms with Crippen molar-refractivity contribution in [3.63, 3.8) is 0 Å². The third-order valence-corrected chi connectivity index (χ3v) is 2.26. The van der Waals surface area contributed by atoms with E-state index >= 15 is 0 Å². The largest absolute Gasteiger partial charge is 0.396 e. The first kappa shape index (κ1) is 12.2. The van der Waals surface area contributed by atoms with Crippen LogP contribution in [0.2, 0.25) is 5.02 Å². The van der Waals surface area contributed by atoms with Gasteiger partial charge in [0.1, 0.15) is 0 Å². The van der Waals surface area contributed by atoms with Crippen LogP contribution in [0.4, 0.5) is 10.2 Å². The quantitative estimate of drug-likeness (QED) is 0.845. The molecule has 0 aliphatic heterocycles. The molecule has 0 radical (unpaired) electrons. The average molecular weight is 233 g/mol. The van der Waals surface area contributed by atoms with Crippen molar-refractivity contribution in [3.05, 3.63) is 23.1 Å². The molecule has 1 heterocycles. The van der Waals surface area contributed by atoms with E-state index in [1.54, 1.807) is 4.90 Å². The average Bonchev–Trinajstić information content (AvgIpc) is 2.21. The minimum Gasteiger partial charge on any atom is -0.396 e. The van der Waals surface area contributed by atoms with Gasteiger partial charge in [0, 0.05) is 25.9 Å². The summed E-state index contributed by atoms with van der Waals surface area (Å²) in [7, 11) is 0. The zero-order chi connectivity index (χ0) is 11.3. The number of aliphatic hydroxyl groups is 1. The van der Waals surface area contributed by atoms with Gasteiger partial charge >= 0.3 is 0 Å². The molecule has 1 N–H and O–H groups in total. The number of pyridine rings is 1. The number of hydrogen-bond acceptors (Lipinski definition) is 3. The standard InChI is InChI=1S/C10H14ClFN2O/c1-2-14(4-3-5-15)10-9(12)6-8(11)7-13-10/h6-7,15H,2-5H2,1H3. The van der Waals surface area contributed by atoms with Gasteiger partial charge in [-0.25, -0.2) is 9.37 Å². The molecule has 0 spiro atoms. The number of anilines is 1. The second kappa shape index (κ2) is 5.88. The highest BCUT2D eigenvalue weighted by Crippen LogP contribution is 2.19. The highest BCUT2D eigenvalue weighted by atomic mass is 35.5. The molecular formula is C10H14ClFN2O. The van der Waals surface area contributed by atoms with Gasteiger partial charge in [-0.1, -0.05) is 11.6 Å². The van der Waals surface area contributed by atoms with Gasteiger partial charge in [-0.15, -0.1) is 0 Å². The second-order valence-electron chi connectivity index (χ2n) is 3.12. The Bertz CT molecular complexity index is 322. The number of aromatic nitrogens is 1. The number of rotatable bonds is 5. The lowest BCUT2D eigenvalue weighted by Gasteiger charge is -2.21. The monoisotopic (exact) mass is 232 g/mol. The summed E-state index contributed by atoms with van der Waals surface area (Å²) in [6, 6.07) is 1.24. The van der Waals surface area contributed by atoms with Crippen LogP contribution in [0, 0.1) is 5.82 Å². The fourth-order valence-corrected chi connectivity index (χ4v) is 1.46. The van der Waals surface area contributed by atoms with E-state index in [-0.39, 0.29) is 17.4 Å². The van der Waals surface area contributed by atoms with Crippen LogP contribution in [0.3, 0.4) is 0 Å². The molecular weight excluding hydrogens is 219 g/mol. The van der Waals surface area contributed by atoms with Crippen molar-refractivity contribution in [3.8, 4) is 0 Å². The van der Waals surface area contributed by atoms with Crippen LogP contribution < -0.4 is 4.90 Å². The Hall–Kier alpha value is -0.870. The van der Waals surface area contributed by atoms with Crippen molar-refractivity contribution in [1.29, 1.82) is 0 Å². The summed E-state index contributed by atoms with van der Waals surface area (Å²) in [5.41, 5.74) is 0. The Morgan fingerprint density at radius 3 is 2.87 bits per heavy atom. The van der Waals surface area contributed by atoms with Crippen molar-refractivity contribution in [1.82, 2.24) is 4.98 Å². The van der Waals surface area contributed by atoms with Gasteiger partial charge in [0.25, 0.3) is 0 Å². The minimum atomic E-state index is -0.428. The van der Waals surface area contributed by atoms with Crippen molar-refractivity contribution in [2.45, 2.75) is 13.3 Å². The molecule has 0 bridgehead atoms. The first-order chi connectivity index (χ1) is 7.19. The molecule has 0 aliphatic rings. The van der Waals surface area contributed by atoms with Gasteiger partial charge in [-0.3, -0.25) is 0 Å². The summed E-state index contributed by atoms with van der Waals surface area (Å²) in [6.45, 7) is 3.23. The van der Waals surface area contributed by atoms with E-state index in [1.807, 2.05) is 6.92 Å². The molecule has 0 aromatic carbocycles. The van der Waals surface area contributed by atoms with Crippen LogP contribution in [0.15, 0.2) is 12.3 Å². The van der Waals surface area contributed by atoms with E-state index in [2.05, 4.69) is 4.98 Å². The zero-order valence-electron chi connectivity index (χ0n) is 8.58. The Morgan fingerprint density at radius 1 is 1.60 bits per heavy atom. The van der Waals surface area contributed by atoms with Crippen molar-refractivity contribution >= 4 is 17.4 Å². The van der Waals surface area contributed by atoms with Crippen molar-refractivity contribution in [2.75, 3.05) is 24.6 Å². The molecule has 0 saturated carbocycles. The summed E-state index contributed by atoms with van der Waals surface area (Å²) in [5, 5.41) is 9.00. The molecule has 5 heteroatoms. The lowest BCUT2D eigenvalue weighted by molar-refractivity contribution is 0.289. The smallest absolute Gasteiger partial charge is 0.167 e. The first-order valence-corrected chi connectivity index (χ1v) is 5.23. The van der Waals surface area contributed by atoms with Gasteiger partial charge in [0.05, 0.1) is 5.02 Å². The van der Waals surface area contributed by atoms with Crippen molar-refractivity contribution in [2.24, 2.45) is 0 Å². The predicted octanol–water partition coefficient (Wildman–Crippen LogP) is 2.08. The van der Waals surface area contributed by atoms with Crippen LogP contribution >= 0.6 is 11.6 Å². The van der Waals surface area contributed by atoms with Crippen LogP contribution in [0.5, 0.6) is 0 Å². The van der Waals surface area contributed by atoms with Gasteiger partial charge in [0.15, 0.2) is 11.6 Å². The SMILES string of the molecule is CCN(CCCO)c1ncc(Cl)cc1F. The maximum atomic E-state index is 13.5. The second-order valence-corrected chi connectivity index (χ2v) is 3.55. The van der Waals surface area contributed by atoms with Crippen LogP contribution in [0.1, 0.15) is 13.3 Å². The number of nitrogens with zero attached hydrogens (tertiary/aromatic N) is 2. The number of aliphatic hydroxyl groups excluding tert-OH is 1. The molecule has 0 amide bonds. The predicted molar refractivity (Wildman–Crippen MR) is 58.8 cm³/mol. The Balaban J connectivity index is 2.81. The molecule has 0 unspecified atom stereocenters. The first-order valence-electron chi connectivity index (χ1n) is 4.86. The van der Waals surface area contributed by atoms with E-state index in [9.17, 15) is 4.39 Å². The maximum Gasteiger partial charge on any atom is 0.167 e. The molecule has 84 valence electrons. The van der Waals surface area contributed by atoms with E-state index < -0.39 is 5.82 Å². The Labute approximate surface area is 93.5 Å². The maximum absolute atomic E-state index is 13.5.